The largest absolute Gasteiger partial charge is 0.495 e. The summed E-state index contributed by atoms with van der Waals surface area (Å²) < 4.78 is 6.91. The molecule has 0 saturated heterocycles. The number of carbonyl (C=O) groups excluding carboxylic acids is 1. The summed E-state index contributed by atoms with van der Waals surface area (Å²) >= 11 is 7.46. The van der Waals surface area contributed by atoms with Gasteiger partial charge >= 0.3 is 0 Å². The zero-order valence-electron chi connectivity index (χ0n) is 13.7. The lowest BCUT2D eigenvalue weighted by molar-refractivity contribution is -0.115. The van der Waals surface area contributed by atoms with Crippen LogP contribution in [0, 0.1) is 0 Å². The van der Waals surface area contributed by atoms with Crippen LogP contribution in [0.15, 0.2) is 35.7 Å². The lowest BCUT2D eigenvalue weighted by atomic mass is 10.3. The maximum atomic E-state index is 12.2. The van der Waals surface area contributed by atoms with E-state index in [-0.39, 0.29) is 5.91 Å². The van der Waals surface area contributed by atoms with Crippen molar-refractivity contribution in [3.05, 3.63) is 35.7 Å². The van der Waals surface area contributed by atoms with Crippen LogP contribution in [-0.2, 0) is 11.8 Å². The summed E-state index contributed by atoms with van der Waals surface area (Å²) in [5, 5.41) is 9.22. The average molecular weight is 378 g/mol. The van der Waals surface area contributed by atoms with E-state index in [1.807, 2.05) is 7.05 Å². The van der Waals surface area contributed by atoms with Gasteiger partial charge in [0.1, 0.15) is 17.1 Å². The second-order valence-corrected chi connectivity index (χ2v) is 6.70. The molecule has 2 aromatic heterocycles. The minimum Gasteiger partial charge on any atom is -0.495 e. The lowest BCUT2D eigenvalue weighted by Crippen LogP contribution is -2.13. The Morgan fingerprint density at radius 1 is 1.40 bits per heavy atom. The number of aromatic nitrogens is 4. The number of carbonyl (C=O) groups is 1. The maximum Gasteiger partial charge on any atom is 0.225 e. The molecule has 9 heteroatoms. The predicted molar refractivity (Wildman–Crippen MR) is 98.3 cm³/mol. The van der Waals surface area contributed by atoms with Crippen LogP contribution in [0.5, 0.6) is 5.75 Å². The molecule has 3 aromatic rings. The summed E-state index contributed by atoms with van der Waals surface area (Å²) in [4.78, 5) is 20.6. The Balaban J connectivity index is 1.60. The number of nitrogens with zero attached hydrogens (tertiary/aromatic N) is 4. The zero-order chi connectivity index (χ0) is 17.8. The molecular weight excluding hydrogens is 362 g/mol. The Labute approximate surface area is 153 Å². The molecule has 0 fully saturated rings. The van der Waals surface area contributed by atoms with Gasteiger partial charge in [-0.25, -0.2) is 9.97 Å². The van der Waals surface area contributed by atoms with Gasteiger partial charge in [0.25, 0.3) is 0 Å². The molecule has 0 aliphatic carbocycles. The van der Waals surface area contributed by atoms with E-state index >= 15 is 0 Å². The Kier molecular flexibility index (Phi) is 5.40. The molecule has 0 spiro atoms. The number of hydrogen-bond donors (Lipinski definition) is 1. The van der Waals surface area contributed by atoms with Crippen molar-refractivity contribution in [2.75, 3.05) is 18.2 Å². The fraction of sp³-hybridized carbons (Fsp3) is 0.250. The van der Waals surface area contributed by atoms with Crippen LogP contribution in [0.2, 0.25) is 5.02 Å². The van der Waals surface area contributed by atoms with Gasteiger partial charge in [0.2, 0.25) is 5.91 Å². The van der Waals surface area contributed by atoms with Crippen LogP contribution in [-0.4, -0.2) is 38.5 Å². The van der Waals surface area contributed by atoms with Crippen molar-refractivity contribution < 1.29 is 9.53 Å². The quantitative estimate of drug-likeness (QED) is 0.525. The molecule has 130 valence electrons. The first-order valence-corrected chi connectivity index (χ1v) is 8.83. The number of fused-ring (bicyclic) bond motifs is 1. The summed E-state index contributed by atoms with van der Waals surface area (Å²) in [6.07, 6.45) is 3.56. The van der Waals surface area contributed by atoms with Gasteiger partial charge in [0.15, 0.2) is 5.65 Å². The summed E-state index contributed by atoms with van der Waals surface area (Å²) in [6, 6.07) is 5.09. The molecule has 0 aliphatic rings. The molecule has 1 aromatic carbocycles. The smallest absolute Gasteiger partial charge is 0.225 e. The van der Waals surface area contributed by atoms with E-state index < -0.39 is 0 Å². The molecule has 1 amide bonds. The molecule has 0 unspecified atom stereocenters. The highest BCUT2D eigenvalue weighted by Crippen LogP contribution is 2.28. The Hall–Kier alpha value is -2.32. The van der Waals surface area contributed by atoms with Crippen LogP contribution in [0.3, 0.4) is 0 Å². The van der Waals surface area contributed by atoms with Crippen molar-refractivity contribution in [3.63, 3.8) is 0 Å². The summed E-state index contributed by atoms with van der Waals surface area (Å²) in [5.74, 6) is 1.03. The van der Waals surface area contributed by atoms with Crippen molar-refractivity contribution in [2.24, 2.45) is 7.05 Å². The van der Waals surface area contributed by atoms with Crippen LogP contribution in [0.4, 0.5) is 5.69 Å². The van der Waals surface area contributed by atoms with Gasteiger partial charge in [-0.15, -0.1) is 11.8 Å². The monoisotopic (exact) mass is 377 g/mol. The van der Waals surface area contributed by atoms with Gasteiger partial charge in [-0.2, -0.15) is 5.10 Å². The first kappa shape index (κ1) is 17.5. The van der Waals surface area contributed by atoms with Crippen molar-refractivity contribution in [3.8, 4) is 5.75 Å². The molecule has 25 heavy (non-hydrogen) atoms. The van der Waals surface area contributed by atoms with Crippen LogP contribution < -0.4 is 10.1 Å². The molecular formula is C16H16ClN5O2S. The van der Waals surface area contributed by atoms with E-state index in [0.717, 1.165) is 16.1 Å². The van der Waals surface area contributed by atoms with E-state index in [9.17, 15) is 4.79 Å². The summed E-state index contributed by atoms with van der Waals surface area (Å²) in [6.45, 7) is 0. The Morgan fingerprint density at radius 3 is 3.04 bits per heavy atom. The van der Waals surface area contributed by atoms with Gasteiger partial charge < -0.3 is 10.1 Å². The number of amides is 1. The molecule has 1 N–H and O–H groups in total. The highest BCUT2D eigenvalue weighted by molar-refractivity contribution is 7.99. The second-order valence-electron chi connectivity index (χ2n) is 5.18. The van der Waals surface area contributed by atoms with E-state index in [0.29, 0.717) is 28.6 Å². The number of benzene rings is 1. The third-order valence-corrected chi connectivity index (χ3v) is 4.74. The second kappa shape index (κ2) is 7.71. The van der Waals surface area contributed by atoms with Crippen LogP contribution in [0.25, 0.3) is 11.0 Å². The molecule has 3 rings (SSSR count). The van der Waals surface area contributed by atoms with E-state index in [1.165, 1.54) is 18.1 Å². The molecule has 0 radical (unpaired) electrons. The number of methoxy groups -OCH3 is 1. The number of rotatable bonds is 6. The topological polar surface area (TPSA) is 81.9 Å². The molecule has 0 aliphatic heterocycles. The number of ether oxygens (including phenoxy) is 1. The highest BCUT2D eigenvalue weighted by atomic mass is 35.5. The Morgan fingerprint density at radius 2 is 2.24 bits per heavy atom. The zero-order valence-corrected chi connectivity index (χ0v) is 15.3. The van der Waals surface area contributed by atoms with Crippen LogP contribution >= 0.6 is 23.4 Å². The fourth-order valence-electron chi connectivity index (χ4n) is 2.29. The number of thioether (sulfide) groups is 1. The van der Waals surface area contributed by atoms with Gasteiger partial charge in [-0.05, 0) is 18.2 Å². The van der Waals surface area contributed by atoms with Crippen molar-refractivity contribution in [1.29, 1.82) is 0 Å². The van der Waals surface area contributed by atoms with Crippen LogP contribution in [0.1, 0.15) is 6.42 Å². The summed E-state index contributed by atoms with van der Waals surface area (Å²) in [5.41, 5.74) is 1.33. The lowest BCUT2D eigenvalue weighted by Gasteiger charge is -2.10. The van der Waals surface area contributed by atoms with E-state index in [4.69, 9.17) is 16.3 Å². The number of anilines is 1. The molecule has 0 bridgehead atoms. The van der Waals surface area contributed by atoms with Gasteiger partial charge in [-0.1, -0.05) is 11.6 Å². The SMILES string of the molecule is COc1ccc(Cl)cc1NC(=O)CCSc1ncnc2c1cnn2C. The van der Waals surface area contributed by atoms with Gasteiger partial charge in [0.05, 0.1) is 24.4 Å². The fourth-order valence-corrected chi connectivity index (χ4v) is 3.36. The minimum atomic E-state index is -0.121. The standard InChI is InChI=1S/C16H16ClN5O2S/c1-22-15-11(8-20-22)16(19-9-18-15)25-6-5-14(23)21-12-7-10(17)3-4-13(12)24-2/h3-4,7-9H,5-6H2,1-2H3,(H,21,23). The maximum absolute atomic E-state index is 12.2. The van der Waals surface area contributed by atoms with Gasteiger partial charge in [-0.3, -0.25) is 9.48 Å². The first-order valence-electron chi connectivity index (χ1n) is 7.47. The van der Waals surface area contributed by atoms with E-state index in [2.05, 4.69) is 20.4 Å². The predicted octanol–water partition coefficient (Wildman–Crippen LogP) is 3.15. The highest BCUT2D eigenvalue weighted by Gasteiger charge is 2.11. The molecule has 0 saturated carbocycles. The first-order chi connectivity index (χ1) is 12.1. The molecule has 0 atom stereocenters. The van der Waals surface area contributed by atoms with Crippen molar-refractivity contribution in [2.45, 2.75) is 11.4 Å². The molecule has 2 heterocycles. The molecule has 7 nitrogen and oxygen atoms in total. The number of aryl methyl sites for hydroxylation is 1. The number of hydrogen-bond acceptors (Lipinski definition) is 6. The normalized spacial score (nSPS) is 10.8. The minimum absolute atomic E-state index is 0.121. The van der Waals surface area contributed by atoms with Crippen molar-refractivity contribution >= 4 is 46.0 Å². The number of nitrogens with one attached hydrogen (secondary N) is 1. The average Bonchev–Trinajstić information content (AvgIpc) is 2.97. The van der Waals surface area contributed by atoms with Gasteiger partial charge in [0, 0.05) is 24.2 Å². The third kappa shape index (κ3) is 4.02. The third-order valence-electron chi connectivity index (χ3n) is 3.50. The van der Waals surface area contributed by atoms with Crippen molar-refractivity contribution in [1.82, 2.24) is 19.7 Å². The summed E-state index contributed by atoms with van der Waals surface area (Å²) in [7, 11) is 3.37. The van der Waals surface area contributed by atoms with E-state index in [1.54, 1.807) is 36.2 Å². The Bertz CT molecular complexity index is 915. The number of halogens is 1.